The number of rotatable bonds is 4. The van der Waals surface area contributed by atoms with Crippen LogP contribution in [0, 0.1) is 20.8 Å². The second kappa shape index (κ2) is 6.39. The van der Waals surface area contributed by atoms with E-state index in [9.17, 15) is 9.59 Å². The Morgan fingerprint density at radius 2 is 1.88 bits per heavy atom. The molecule has 2 N–H and O–H groups in total. The highest BCUT2D eigenvalue weighted by Crippen LogP contribution is 2.25. The number of anilines is 1. The molecule has 3 aromatic rings. The number of benzene rings is 2. The Labute approximate surface area is 144 Å². The molecule has 0 bridgehead atoms. The van der Waals surface area contributed by atoms with Crippen molar-refractivity contribution in [3.63, 3.8) is 0 Å². The number of carbonyl (C=O) groups excluding carboxylic acids is 1. The topological polar surface area (TPSA) is 92.4 Å². The largest absolute Gasteiger partial charge is 0.478 e. The number of nitrogens with one attached hydrogen (secondary N) is 1. The van der Waals surface area contributed by atoms with Crippen molar-refractivity contribution >= 4 is 28.5 Å². The Kier molecular flexibility index (Phi) is 4.27. The molecule has 0 saturated heterocycles. The number of hydrogen-bond donors (Lipinski definition) is 2. The normalized spacial score (nSPS) is 10.8. The molecule has 0 aliphatic rings. The molecule has 0 aliphatic carbocycles. The average Bonchev–Trinajstić information content (AvgIpc) is 2.92. The fraction of sp³-hybridized carbons (Fsp3) is 0.211. The predicted octanol–water partition coefficient (Wildman–Crippen LogP) is 3.63. The minimum absolute atomic E-state index is 0.0492. The summed E-state index contributed by atoms with van der Waals surface area (Å²) in [6, 6.07) is 8.52. The molecule has 0 radical (unpaired) electrons. The summed E-state index contributed by atoms with van der Waals surface area (Å²) in [4.78, 5) is 23.5. The van der Waals surface area contributed by atoms with Gasteiger partial charge in [-0.05, 0) is 55.7 Å². The van der Waals surface area contributed by atoms with Crippen molar-refractivity contribution < 1.29 is 19.2 Å². The van der Waals surface area contributed by atoms with Gasteiger partial charge in [0.05, 0.1) is 12.0 Å². The van der Waals surface area contributed by atoms with Crippen LogP contribution in [0.2, 0.25) is 0 Å². The van der Waals surface area contributed by atoms with E-state index < -0.39 is 5.97 Å². The highest BCUT2D eigenvalue weighted by molar-refractivity contribution is 5.97. The number of carboxylic acids is 1. The SMILES string of the molecule is Cc1cc(C)c2c(CC(=O)Nc3cc(C(=O)O)ccc3C)noc2c1. The van der Waals surface area contributed by atoms with Crippen molar-refractivity contribution in [1.29, 1.82) is 0 Å². The highest BCUT2D eigenvalue weighted by atomic mass is 16.5. The number of aromatic nitrogens is 1. The number of carboxylic acid groups (broad SMARTS) is 1. The Balaban J connectivity index is 1.84. The lowest BCUT2D eigenvalue weighted by Gasteiger charge is -2.09. The first-order valence-electron chi connectivity index (χ1n) is 7.84. The van der Waals surface area contributed by atoms with Crippen LogP contribution in [0.1, 0.15) is 32.7 Å². The van der Waals surface area contributed by atoms with Gasteiger partial charge in [0.25, 0.3) is 0 Å². The van der Waals surface area contributed by atoms with Gasteiger partial charge in [0.1, 0.15) is 5.69 Å². The maximum atomic E-state index is 12.4. The third-order valence-electron chi connectivity index (χ3n) is 4.07. The van der Waals surface area contributed by atoms with Gasteiger partial charge in [-0.15, -0.1) is 0 Å². The van der Waals surface area contributed by atoms with Crippen LogP contribution >= 0.6 is 0 Å². The Morgan fingerprint density at radius 3 is 2.60 bits per heavy atom. The molecule has 0 spiro atoms. The number of amides is 1. The van der Waals surface area contributed by atoms with E-state index >= 15 is 0 Å². The summed E-state index contributed by atoms with van der Waals surface area (Å²) in [6.45, 7) is 5.73. The minimum atomic E-state index is -1.04. The van der Waals surface area contributed by atoms with Crippen LogP contribution < -0.4 is 5.32 Å². The minimum Gasteiger partial charge on any atom is -0.478 e. The van der Waals surface area contributed by atoms with Gasteiger partial charge in [-0.25, -0.2) is 4.79 Å². The lowest BCUT2D eigenvalue weighted by atomic mass is 10.0. The van der Waals surface area contributed by atoms with Gasteiger partial charge in [0.15, 0.2) is 5.58 Å². The number of aromatic carboxylic acids is 1. The summed E-state index contributed by atoms with van der Waals surface area (Å²) in [5.74, 6) is -1.31. The second-order valence-electron chi connectivity index (χ2n) is 6.14. The van der Waals surface area contributed by atoms with Gasteiger partial charge in [-0.3, -0.25) is 4.79 Å². The third-order valence-corrected chi connectivity index (χ3v) is 4.07. The number of hydrogen-bond acceptors (Lipinski definition) is 4. The highest BCUT2D eigenvalue weighted by Gasteiger charge is 2.16. The van der Waals surface area contributed by atoms with Crippen LogP contribution in [-0.4, -0.2) is 22.1 Å². The van der Waals surface area contributed by atoms with E-state index in [0.717, 1.165) is 22.1 Å². The number of aryl methyl sites for hydroxylation is 3. The van der Waals surface area contributed by atoms with E-state index in [1.165, 1.54) is 12.1 Å². The van der Waals surface area contributed by atoms with Gasteiger partial charge in [0, 0.05) is 11.1 Å². The van der Waals surface area contributed by atoms with E-state index in [-0.39, 0.29) is 17.9 Å². The quantitative estimate of drug-likeness (QED) is 0.758. The average molecular weight is 338 g/mol. The summed E-state index contributed by atoms with van der Waals surface area (Å²) in [7, 11) is 0. The first-order chi connectivity index (χ1) is 11.8. The summed E-state index contributed by atoms with van der Waals surface area (Å²) in [5.41, 5.74) is 4.68. The number of carbonyl (C=O) groups is 2. The van der Waals surface area contributed by atoms with Crippen molar-refractivity contribution in [2.45, 2.75) is 27.2 Å². The molecule has 25 heavy (non-hydrogen) atoms. The molecule has 6 heteroatoms. The molecule has 2 aromatic carbocycles. The van der Waals surface area contributed by atoms with E-state index in [0.29, 0.717) is 17.0 Å². The molecule has 0 unspecified atom stereocenters. The lowest BCUT2D eigenvalue weighted by Crippen LogP contribution is -2.16. The molecular weight excluding hydrogens is 320 g/mol. The fourth-order valence-corrected chi connectivity index (χ4v) is 2.88. The Hall–Kier alpha value is -3.15. The molecule has 0 aliphatic heterocycles. The first kappa shape index (κ1) is 16.7. The molecule has 3 rings (SSSR count). The fourth-order valence-electron chi connectivity index (χ4n) is 2.88. The molecule has 1 amide bonds. The molecular formula is C19H18N2O4. The van der Waals surface area contributed by atoms with Gasteiger partial charge in [0.2, 0.25) is 5.91 Å². The monoisotopic (exact) mass is 338 g/mol. The zero-order chi connectivity index (χ0) is 18.1. The molecule has 0 atom stereocenters. The molecule has 6 nitrogen and oxygen atoms in total. The lowest BCUT2D eigenvalue weighted by molar-refractivity contribution is -0.115. The molecule has 128 valence electrons. The van der Waals surface area contributed by atoms with Gasteiger partial charge in [-0.2, -0.15) is 0 Å². The van der Waals surface area contributed by atoms with Crippen molar-refractivity contribution in [2.24, 2.45) is 0 Å². The number of fused-ring (bicyclic) bond motifs is 1. The van der Waals surface area contributed by atoms with Gasteiger partial charge < -0.3 is 14.9 Å². The van der Waals surface area contributed by atoms with Crippen LogP contribution in [0.5, 0.6) is 0 Å². The maximum absolute atomic E-state index is 12.4. The van der Waals surface area contributed by atoms with Crippen molar-refractivity contribution in [2.75, 3.05) is 5.32 Å². The van der Waals surface area contributed by atoms with Crippen molar-refractivity contribution in [1.82, 2.24) is 5.16 Å². The van der Waals surface area contributed by atoms with Crippen LogP contribution in [0.25, 0.3) is 11.0 Å². The predicted molar refractivity (Wildman–Crippen MR) is 94.0 cm³/mol. The first-order valence-corrected chi connectivity index (χ1v) is 7.84. The molecule has 1 heterocycles. The maximum Gasteiger partial charge on any atom is 0.335 e. The van der Waals surface area contributed by atoms with Crippen LogP contribution in [0.3, 0.4) is 0 Å². The smallest absolute Gasteiger partial charge is 0.335 e. The van der Waals surface area contributed by atoms with E-state index in [4.69, 9.17) is 9.63 Å². The molecule has 0 fully saturated rings. The second-order valence-corrected chi connectivity index (χ2v) is 6.14. The Morgan fingerprint density at radius 1 is 1.12 bits per heavy atom. The third kappa shape index (κ3) is 3.38. The van der Waals surface area contributed by atoms with E-state index in [1.807, 2.05) is 26.0 Å². The summed E-state index contributed by atoms with van der Waals surface area (Å²) < 4.78 is 5.33. The van der Waals surface area contributed by atoms with Gasteiger partial charge in [-0.1, -0.05) is 17.3 Å². The van der Waals surface area contributed by atoms with Gasteiger partial charge >= 0.3 is 5.97 Å². The van der Waals surface area contributed by atoms with E-state index in [2.05, 4.69) is 10.5 Å². The molecule has 0 saturated carbocycles. The molecule has 1 aromatic heterocycles. The summed E-state index contributed by atoms with van der Waals surface area (Å²) >= 11 is 0. The summed E-state index contributed by atoms with van der Waals surface area (Å²) in [6.07, 6.45) is 0.0492. The van der Waals surface area contributed by atoms with Crippen LogP contribution in [0.4, 0.5) is 5.69 Å². The van der Waals surface area contributed by atoms with Crippen molar-refractivity contribution in [3.8, 4) is 0 Å². The Bertz CT molecular complexity index is 988. The van der Waals surface area contributed by atoms with Crippen LogP contribution in [0.15, 0.2) is 34.9 Å². The van der Waals surface area contributed by atoms with Crippen molar-refractivity contribution in [3.05, 3.63) is 58.3 Å². The van der Waals surface area contributed by atoms with Crippen LogP contribution in [-0.2, 0) is 11.2 Å². The summed E-state index contributed by atoms with van der Waals surface area (Å²) in [5, 5.41) is 16.7. The number of nitrogens with zero attached hydrogens (tertiary/aromatic N) is 1. The zero-order valence-corrected chi connectivity index (χ0v) is 14.2. The zero-order valence-electron chi connectivity index (χ0n) is 14.2. The van der Waals surface area contributed by atoms with E-state index in [1.54, 1.807) is 13.0 Å². The standard InChI is InChI=1S/C19H18N2O4/c1-10-6-12(3)18-15(21-25-16(18)7-10)9-17(22)20-14-8-13(19(23)24)5-4-11(14)2/h4-8H,9H2,1-3H3,(H,20,22)(H,23,24).